The van der Waals surface area contributed by atoms with Gasteiger partial charge in [0.05, 0.1) is 30.8 Å². The van der Waals surface area contributed by atoms with Crippen molar-refractivity contribution in [1.29, 1.82) is 0 Å². The summed E-state index contributed by atoms with van der Waals surface area (Å²) in [4.78, 5) is 6.36. The largest absolute Gasteiger partial charge is 0.383 e. The van der Waals surface area contributed by atoms with E-state index in [-0.39, 0.29) is 16.7 Å². The van der Waals surface area contributed by atoms with Gasteiger partial charge in [0.15, 0.2) is 5.11 Å². The van der Waals surface area contributed by atoms with Crippen molar-refractivity contribution in [1.82, 2.24) is 14.5 Å². The summed E-state index contributed by atoms with van der Waals surface area (Å²) < 4.78 is 47.0. The number of aromatic nitrogens is 2. The molecule has 1 N–H and O–H groups in total. The van der Waals surface area contributed by atoms with Crippen LogP contribution < -0.4 is 5.32 Å². The quantitative estimate of drug-likeness (QED) is 0.364. The molecule has 0 spiro atoms. The Bertz CT molecular complexity index is 1290. The maximum atomic E-state index is 13.4. The van der Waals surface area contributed by atoms with Crippen LogP contribution in [0.4, 0.5) is 10.1 Å². The molecule has 3 aromatic rings. The molecule has 0 atom stereocenters. The van der Waals surface area contributed by atoms with Crippen LogP contribution in [-0.2, 0) is 33.4 Å². The lowest BCUT2D eigenvalue weighted by Gasteiger charge is -2.26. The highest BCUT2D eigenvalue weighted by Crippen LogP contribution is 2.31. The summed E-state index contributed by atoms with van der Waals surface area (Å²) in [5.74, 6) is 0.0910. The summed E-state index contributed by atoms with van der Waals surface area (Å²) in [6.45, 7) is 3.79. The SMILES string of the molecule is COCCn1c(CN(CC2CC2)C(=S)Nc2ccc(F)cc2)cnc1S(=O)(=O)Cc1ccc(C)cc1. The average Bonchev–Trinajstić information content (AvgIpc) is 3.57. The van der Waals surface area contributed by atoms with Gasteiger partial charge >= 0.3 is 0 Å². The molecule has 2 aromatic carbocycles. The predicted molar refractivity (Wildman–Crippen MR) is 142 cm³/mol. The molecule has 0 aliphatic heterocycles. The van der Waals surface area contributed by atoms with Crippen LogP contribution in [0.2, 0.25) is 0 Å². The number of halogens is 1. The minimum atomic E-state index is -3.69. The zero-order valence-electron chi connectivity index (χ0n) is 20.5. The fourth-order valence-corrected chi connectivity index (χ4v) is 5.69. The van der Waals surface area contributed by atoms with Crippen molar-refractivity contribution < 1.29 is 17.5 Å². The van der Waals surface area contributed by atoms with Crippen LogP contribution >= 0.6 is 12.2 Å². The van der Waals surface area contributed by atoms with E-state index in [0.29, 0.717) is 42.0 Å². The van der Waals surface area contributed by atoms with E-state index in [2.05, 4.69) is 10.3 Å². The summed E-state index contributed by atoms with van der Waals surface area (Å²) >= 11 is 5.69. The summed E-state index contributed by atoms with van der Waals surface area (Å²) in [6, 6.07) is 13.5. The molecule has 1 fully saturated rings. The van der Waals surface area contributed by atoms with Gasteiger partial charge in [-0.15, -0.1) is 0 Å². The second kappa shape index (κ2) is 11.5. The molecule has 0 bridgehead atoms. The van der Waals surface area contributed by atoms with Crippen molar-refractivity contribution in [3.63, 3.8) is 0 Å². The Hall–Kier alpha value is -2.82. The normalized spacial score (nSPS) is 13.5. The smallest absolute Gasteiger partial charge is 0.228 e. The Morgan fingerprint density at radius 1 is 1.19 bits per heavy atom. The number of hydrogen-bond donors (Lipinski definition) is 1. The Morgan fingerprint density at radius 3 is 2.53 bits per heavy atom. The second-order valence-corrected chi connectivity index (χ2v) is 11.5. The lowest BCUT2D eigenvalue weighted by atomic mass is 10.2. The van der Waals surface area contributed by atoms with E-state index in [0.717, 1.165) is 30.6 Å². The standard InChI is InChI=1S/C26H31FN4O3S2/c1-19-3-5-21(6-4-19)18-36(32,33)26-28-15-24(31(26)13-14-34-2)17-30(16-20-7-8-20)25(35)29-23-11-9-22(27)10-12-23/h3-6,9-12,15,20H,7-8,13-14,16-18H2,1-2H3,(H,29,35). The van der Waals surface area contributed by atoms with Crippen molar-refractivity contribution in [2.24, 2.45) is 5.92 Å². The second-order valence-electron chi connectivity index (χ2n) is 9.18. The van der Waals surface area contributed by atoms with E-state index in [1.807, 2.05) is 36.1 Å². The topological polar surface area (TPSA) is 76.5 Å². The highest BCUT2D eigenvalue weighted by Gasteiger charge is 2.28. The molecule has 192 valence electrons. The molecule has 7 nitrogen and oxygen atoms in total. The number of thiocarbonyl (C=S) groups is 1. The molecule has 10 heteroatoms. The molecule has 1 aromatic heterocycles. The van der Waals surface area contributed by atoms with Gasteiger partial charge < -0.3 is 19.5 Å². The third kappa shape index (κ3) is 6.89. The Balaban J connectivity index is 1.58. The first-order valence-electron chi connectivity index (χ1n) is 11.9. The molecule has 1 saturated carbocycles. The van der Waals surface area contributed by atoms with Gasteiger partial charge in [0, 0.05) is 25.9 Å². The summed E-state index contributed by atoms with van der Waals surface area (Å²) in [6.07, 6.45) is 3.88. The number of nitrogens with one attached hydrogen (secondary N) is 1. The van der Waals surface area contributed by atoms with Gasteiger partial charge in [0.2, 0.25) is 15.0 Å². The monoisotopic (exact) mass is 530 g/mol. The molecule has 1 aliphatic carbocycles. The fraction of sp³-hybridized carbons (Fsp3) is 0.385. The van der Waals surface area contributed by atoms with E-state index >= 15 is 0 Å². The van der Waals surface area contributed by atoms with Gasteiger partial charge in [-0.2, -0.15) is 0 Å². The van der Waals surface area contributed by atoms with E-state index in [4.69, 9.17) is 17.0 Å². The first-order valence-corrected chi connectivity index (χ1v) is 13.9. The van der Waals surface area contributed by atoms with E-state index < -0.39 is 9.84 Å². The molecular formula is C26H31FN4O3S2. The Kier molecular flexibility index (Phi) is 8.38. The summed E-state index contributed by atoms with van der Waals surface area (Å²) in [5.41, 5.74) is 3.21. The summed E-state index contributed by atoms with van der Waals surface area (Å²) in [7, 11) is -2.11. The Labute approximate surface area is 217 Å². The number of sulfone groups is 1. The fourth-order valence-electron chi connectivity index (χ4n) is 3.92. The molecule has 0 unspecified atom stereocenters. The maximum Gasteiger partial charge on any atom is 0.228 e. The lowest BCUT2D eigenvalue weighted by Crippen LogP contribution is -2.36. The lowest BCUT2D eigenvalue weighted by molar-refractivity contribution is 0.182. The summed E-state index contributed by atoms with van der Waals surface area (Å²) in [5, 5.41) is 3.70. The van der Waals surface area contributed by atoms with Crippen LogP contribution in [-0.4, -0.2) is 48.2 Å². The number of anilines is 1. The number of benzene rings is 2. The third-order valence-electron chi connectivity index (χ3n) is 6.09. The highest BCUT2D eigenvalue weighted by atomic mass is 32.2. The van der Waals surface area contributed by atoms with E-state index in [1.165, 1.54) is 12.1 Å². The predicted octanol–water partition coefficient (Wildman–Crippen LogP) is 4.56. The van der Waals surface area contributed by atoms with Crippen LogP contribution in [0.3, 0.4) is 0 Å². The van der Waals surface area contributed by atoms with Gasteiger partial charge in [0.25, 0.3) is 0 Å². The molecule has 1 heterocycles. The van der Waals surface area contributed by atoms with Crippen molar-refractivity contribution >= 4 is 32.9 Å². The van der Waals surface area contributed by atoms with Crippen molar-refractivity contribution in [2.45, 2.75) is 43.8 Å². The first-order chi connectivity index (χ1) is 17.2. The van der Waals surface area contributed by atoms with Crippen LogP contribution in [0.1, 0.15) is 29.7 Å². The van der Waals surface area contributed by atoms with Crippen LogP contribution in [0.5, 0.6) is 0 Å². The molecule has 4 rings (SSSR count). The van der Waals surface area contributed by atoms with Gasteiger partial charge in [-0.05, 0) is 67.7 Å². The molecule has 0 amide bonds. The van der Waals surface area contributed by atoms with E-state index in [1.54, 1.807) is 30.0 Å². The van der Waals surface area contributed by atoms with Crippen LogP contribution in [0, 0.1) is 18.7 Å². The van der Waals surface area contributed by atoms with Gasteiger partial charge in [-0.3, -0.25) is 0 Å². The number of imidazole rings is 1. The number of rotatable bonds is 11. The van der Waals surface area contributed by atoms with Gasteiger partial charge in [-0.1, -0.05) is 29.8 Å². The third-order valence-corrected chi connectivity index (χ3v) is 8.04. The van der Waals surface area contributed by atoms with Crippen molar-refractivity contribution in [3.8, 4) is 0 Å². The first kappa shape index (κ1) is 26.2. The van der Waals surface area contributed by atoms with Crippen molar-refractivity contribution in [3.05, 3.63) is 77.4 Å². The number of aryl methyl sites for hydroxylation is 1. The van der Waals surface area contributed by atoms with Gasteiger partial charge in [0.1, 0.15) is 5.82 Å². The Morgan fingerprint density at radius 2 is 1.89 bits per heavy atom. The number of methoxy groups -OCH3 is 1. The minimum Gasteiger partial charge on any atom is -0.383 e. The molecule has 1 aliphatic rings. The highest BCUT2D eigenvalue weighted by molar-refractivity contribution is 7.90. The zero-order chi connectivity index (χ0) is 25.7. The molecular weight excluding hydrogens is 499 g/mol. The number of ether oxygens (including phenoxy) is 1. The van der Waals surface area contributed by atoms with E-state index in [9.17, 15) is 12.8 Å². The number of hydrogen-bond acceptors (Lipinski definition) is 5. The van der Waals surface area contributed by atoms with Gasteiger partial charge in [-0.25, -0.2) is 17.8 Å². The minimum absolute atomic E-state index is 0.0268. The molecule has 36 heavy (non-hydrogen) atoms. The average molecular weight is 531 g/mol. The van der Waals surface area contributed by atoms with Crippen LogP contribution in [0.15, 0.2) is 59.9 Å². The maximum absolute atomic E-state index is 13.4. The zero-order valence-corrected chi connectivity index (χ0v) is 22.1. The molecule has 0 radical (unpaired) electrons. The van der Waals surface area contributed by atoms with Crippen molar-refractivity contribution in [2.75, 3.05) is 25.6 Å². The molecule has 0 saturated heterocycles. The van der Waals surface area contributed by atoms with Crippen LogP contribution in [0.25, 0.3) is 0 Å². The number of nitrogens with zero attached hydrogens (tertiary/aromatic N) is 3.